The Morgan fingerprint density at radius 1 is 1.41 bits per heavy atom. The summed E-state index contributed by atoms with van der Waals surface area (Å²) in [6.07, 6.45) is 1.50. The van der Waals surface area contributed by atoms with Gasteiger partial charge in [-0.25, -0.2) is 0 Å². The van der Waals surface area contributed by atoms with Crippen molar-refractivity contribution in [2.45, 2.75) is 31.5 Å². The molecule has 1 fully saturated rings. The molecule has 90 valence electrons. The molecular weight excluding hydrogens is 216 g/mol. The summed E-state index contributed by atoms with van der Waals surface area (Å²) in [4.78, 5) is 0. The van der Waals surface area contributed by atoms with Gasteiger partial charge in [0.15, 0.2) is 6.61 Å². The Morgan fingerprint density at radius 3 is 2.88 bits per heavy atom. The molecule has 0 aliphatic heterocycles. The molecule has 1 aliphatic rings. The van der Waals surface area contributed by atoms with Crippen LogP contribution in [0.15, 0.2) is 24.3 Å². The summed E-state index contributed by atoms with van der Waals surface area (Å²) >= 11 is 0. The van der Waals surface area contributed by atoms with Gasteiger partial charge in [-0.2, -0.15) is 5.26 Å². The molecule has 0 amide bonds. The van der Waals surface area contributed by atoms with Crippen LogP contribution in [0, 0.1) is 11.3 Å². The van der Waals surface area contributed by atoms with Crippen molar-refractivity contribution in [3.05, 3.63) is 29.8 Å². The molecule has 1 aliphatic carbocycles. The van der Waals surface area contributed by atoms with E-state index < -0.39 is 0 Å². The van der Waals surface area contributed by atoms with Gasteiger partial charge in [-0.1, -0.05) is 18.2 Å². The van der Waals surface area contributed by atoms with Gasteiger partial charge in [-0.05, 0) is 18.9 Å². The maximum Gasteiger partial charge on any atom is 0.174 e. The van der Waals surface area contributed by atoms with Crippen molar-refractivity contribution in [2.24, 2.45) is 0 Å². The molecule has 0 aromatic heterocycles. The van der Waals surface area contributed by atoms with Crippen LogP contribution in [-0.2, 0) is 6.54 Å². The fraction of sp³-hybridized carbons (Fsp3) is 0.462. The summed E-state index contributed by atoms with van der Waals surface area (Å²) in [7, 11) is 0. The highest BCUT2D eigenvalue weighted by atomic mass is 16.5. The first kappa shape index (κ1) is 11.9. The summed E-state index contributed by atoms with van der Waals surface area (Å²) in [6.45, 7) is 0.776. The van der Waals surface area contributed by atoms with Gasteiger partial charge in [-0.3, -0.25) is 0 Å². The number of rotatable bonds is 5. The summed E-state index contributed by atoms with van der Waals surface area (Å²) in [5, 5.41) is 21.0. The zero-order chi connectivity index (χ0) is 12.1. The third-order valence-corrected chi connectivity index (χ3v) is 2.96. The zero-order valence-corrected chi connectivity index (χ0v) is 9.60. The second-order valence-electron chi connectivity index (χ2n) is 4.26. The molecule has 1 aromatic carbocycles. The highest BCUT2D eigenvalue weighted by molar-refractivity contribution is 5.33. The van der Waals surface area contributed by atoms with Crippen LogP contribution < -0.4 is 10.1 Å². The fourth-order valence-corrected chi connectivity index (χ4v) is 1.91. The SMILES string of the molecule is N#CCOc1ccccc1CNC1CC(O)C1. The van der Waals surface area contributed by atoms with E-state index in [1.165, 1.54) is 0 Å². The number of hydrogen-bond donors (Lipinski definition) is 2. The van der Waals surface area contributed by atoms with Crippen LogP contribution in [-0.4, -0.2) is 23.9 Å². The van der Waals surface area contributed by atoms with Gasteiger partial charge in [0.2, 0.25) is 0 Å². The number of nitriles is 1. The van der Waals surface area contributed by atoms with E-state index >= 15 is 0 Å². The van der Waals surface area contributed by atoms with Crippen molar-refractivity contribution in [1.29, 1.82) is 5.26 Å². The third kappa shape index (κ3) is 3.19. The van der Waals surface area contributed by atoms with Crippen molar-refractivity contribution in [3.8, 4) is 11.8 Å². The zero-order valence-electron chi connectivity index (χ0n) is 9.60. The van der Waals surface area contributed by atoms with Gasteiger partial charge >= 0.3 is 0 Å². The van der Waals surface area contributed by atoms with Crippen molar-refractivity contribution in [2.75, 3.05) is 6.61 Å². The standard InChI is InChI=1S/C13H16N2O2/c14-5-6-17-13-4-2-1-3-10(13)9-15-11-7-12(16)8-11/h1-4,11-12,15-16H,6-9H2. The number of aliphatic hydroxyl groups is 1. The van der Waals surface area contributed by atoms with Gasteiger partial charge in [0.25, 0.3) is 0 Å². The monoisotopic (exact) mass is 232 g/mol. The Labute approximate surface area is 101 Å². The number of benzene rings is 1. The summed E-state index contributed by atoms with van der Waals surface area (Å²) in [5.41, 5.74) is 1.05. The first-order valence-corrected chi connectivity index (χ1v) is 5.78. The topological polar surface area (TPSA) is 65.3 Å². The molecule has 1 aromatic rings. The van der Waals surface area contributed by atoms with E-state index in [4.69, 9.17) is 10.00 Å². The Balaban J connectivity index is 1.88. The molecule has 4 heteroatoms. The van der Waals surface area contributed by atoms with E-state index in [9.17, 15) is 5.11 Å². The van der Waals surface area contributed by atoms with Crippen molar-refractivity contribution in [1.82, 2.24) is 5.32 Å². The second kappa shape index (κ2) is 5.67. The van der Waals surface area contributed by atoms with Crippen LogP contribution in [0.3, 0.4) is 0 Å². The summed E-state index contributed by atoms with van der Waals surface area (Å²) in [6, 6.07) is 10.0. The van der Waals surface area contributed by atoms with Gasteiger partial charge in [-0.15, -0.1) is 0 Å². The quantitative estimate of drug-likeness (QED) is 0.800. The van der Waals surface area contributed by atoms with Crippen molar-refractivity contribution >= 4 is 0 Å². The minimum Gasteiger partial charge on any atom is -0.478 e. The Morgan fingerprint density at radius 2 is 2.18 bits per heavy atom. The number of ether oxygens (including phenoxy) is 1. The maximum absolute atomic E-state index is 9.19. The molecule has 2 rings (SSSR count). The number of aliphatic hydroxyl groups excluding tert-OH is 1. The van der Waals surface area contributed by atoms with E-state index in [0.29, 0.717) is 12.6 Å². The molecular formula is C13H16N2O2. The molecule has 0 atom stereocenters. The summed E-state index contributed by atoms with van der Waals surface area (Å²) in [5.74, 6) is 0.751. The van der Waals surface area contributed by atoms with Gasteiger partial charge in [0, 0.05) is 18.2 Å². The first-order valence-electron chi connectivity index (χ1n) is 5.78. The predicted molar refractivity (Wildman–Crippen MR) is 63.4 cm³/mol. The van der Waals surface area contributed by atoms with Crippen LogP contribution >= 0.6 is 0 Å². The molecule has 0 heterocycles. The molecule has 1 saturated carbocycles. The lowest BCUT2D eigenvalue weighted by Gasteiger charge is -2.32. The molecule has 0 unspecified atom stereocenters. The summed E-state index contributed by atoms with van der Waals surface area (Å²) < 4.78 is 5.34. The van der Waals surface area contributed by atoms with Crippen molar-refractivity contribution in [3.63, 3.8) is 0 Å². The molecule has 0 saturated heterocycles. The van der Waals surface area contributed by atoms with Crippen LogP contribution in [0.2, 0.25) is 0 Å². The van der Waals surface area contributed by atoms with E-state index in [2.05, 4.69) is 5.32 Å². The Kier molecular flexibility index (Phi) is 3.97. The smallest absolute Gasteiger partial charge is 0.174 e. The number of para-hydroxylation sites is 1. The molecule has 2 N–H and O–H groups in total. The lowest BCUT2D eigenvalue weighted by molar-refractivity contribution is 0.0618. The molecule has 4 nitrogen and oxygen atoms in total. The number of nitrogens with zero attached hydrogens (tertiary/aromatic N) is 1. The van der Waals surface area contributed by atoms with E-state index in [-0.39, 0.29) is 12.7 Å². The third-order valence-electron chi connectivity index (χ3n) is 2.96. The fourth-order valence-electron chi connectivity index (χ4n) is 1.91. The number of nitrogens with one attached hydrogen (secondary N) is 1. The van der Waals surface area contributed by atoms with E-state index in [1.54, 1.807) is 0 Å². The predicted octanol–water partition coefficient (Wildman–Crippen LogP) is 1.20. The lowest BCUT2D eigenvalue weighted by Crippen LogP contribution is -2.43. The van der Waals surface area contributed by atoms with Crippen LogP contribution in [0.4, 0.5) is 0 Å². The van der Waals surface area contributed by atoms with Gasteiger partial charge in [0.1, 0.15) is 11.8 Å². The van der Waals surface area contributed by atoms with E-state index in [0.717, 1.165) is 24.2 Å². The molecule has 0 spiro atoms. The minimum absolute atomic E-state index is 0.0686. The average molecular weight is 232 g/mol. The lowest BCUT2D eigenvalue weighted by atomic mass is 9.89. The Hall–Kier alpha value is -1.57. The molecule has 0 bridgehead atoms. The van der Waals surface area contributed by atoms with Gasteiger partial charge < -0.3 is 15.2 Å². The second-order valence-corrected chi connectivity index (χ2v) is 4.26. The molecule has 0 radical (unpaired) electrons. The van der Waals surface area contributed by atoms with Crippen LogP contribution in [0.1, 0.15) is 18.4 Å². The largest absolute Gasteiger partial charge is 0.478 e. The first-order chi connectivity index (χ1) is 8.29. The minimum atomic E-state index is -0.141. The highest BCUT2D eigenvalue weighted by Crippen LogP contribution is 2.22. The Bertz CT molecular complexity index is 408. The van der Waals surface area contributed by atoms with E-state index in [1.807, 2.05) is 30.3 Å². The average Bonchev–Trinajstić information content (AvgIpc) is 2.31. The van der Waals surface area contributed by atoms with Crippen LogP contribution in [0.25, 0.3) is 0 Å². The van der Waals surface area contributed by atoms with Crippen LogP contribution in [0.5, 0.6) is 5.75 Å². The van der Waals surface area contributed by atoms with Crippen molar-refractivity contribution < 1.29 is 9.84 Å². The highest BCUT2D eigenvalue weighted by Gasteiger charge is 2.26. The molecule has 17 heavy (non-hydrogen) atoms. The maximum atomic E-state index is 9.19. The normalized spacial score (nSPS) is 22.6. The van der Waals surface area contributed by atoms with Gasteiger partial charge in [0.05, 0.1) is 6.10 Å². The number of hydrogen-bond acceptors (Lipinski definition) is 4.